The Bertz CT molecular complexity index is 1200. The predicted molar refractivity (Wildman–Crippen MR) is 132 cm³/mol. The van der Waals surface area contributed by atoms with Gasteiger partial charge in [-0.3, -0.25) is 9.79 Å². The summed E-state index contributed by atoms with van der Waals surface area (Å²) >= 11 is 11.8. The summed E-state index contributed by atoms with van der Waals surface area (Å²) in [5.41, 5.74) is 2.40. The molecule has 9 heteroatoms. The summed E-state index contributed by atoms with van der Waals surface area (Å²) in [6.07, 6.45) is 4.79. The largest absolute Gasteiger partial charge is 0.454 e. The van der Waals surface area contributed by atoms with Gasteiger partial charge in [-0.1, -0.05) is 54.1 Å². The van der Waals surface area contributed by atoms with Crippen molar-refractivity contribution in [2.75, 3.05) is 19.2 Å². The molecule has 0 saturated carbocycles. The van der Waals surface area contributed by atoms with Gasteiger partial charge in [0.25, 0.3) is 5.91 Å². The number of hydrogen-bond acceptors (Lipinski definition) is 5. The smallest absolute Gasteiger partial charge is 0.268 e. The van der Waals surface area contributed by atoms with Gasteiger partial charge in [-0.2, -0.15) is 0 Å². The molecular formula is C24H21ClN4O3S. The predicted octanol–water partition coefficient (Wildman–Crippen LogP) is 3.67. The van der Waals surface area contributed by atoms with Crippen molar-refractivity contribution in [3.8, 4) is 11.5 Å². The molecule has 0 radical (unpaired) electrons. The second-order valence-electron chi connectivity index (χ2n) is 7.83. The number of thiocarbonyl (C=S) groups is 1. The highest BCUT2D eigenvalue weighted by Crippen LogP contribution is 2.34. The van der Waals surface area contributed by atoms with E-state index < -0.39 is 6.17 Å². The molecule has 3 aliphatic rings. The topological polar surface area (TPSA) is 75.2 Å². The molecule has 7 nitrogen and oxygen atoms in total. The van der Waals surface area contributed by atoms with Crippen molar-refractivity contribution in [3.05, 3.63) is 77.4 Å². The molecule has 1 amide bonds. The van der Waals surface area contributed by atoms with Crippen molar-refractivity contribution < 1.29 is 14.3 Å². The van der Waals surface area contributed by atoms with Crippen LogP contribution in [-0.4, -0.2) is 47.7 Å². The highest BCUT2D eigenvalue weighted by Gasteiger charge is 2.38. The Morgan fingerprint density at radius 3 is 2.79 bits per heavy atom. The van der Waals surface area contributed by atoms with Gasteiger partial charge in [-0.25, -0.2) is 0 Å². The average Bonchev–Trinajstić information content (AvgIpc) is 3.26. The Labute approximate surface area is 201 Å². The van der Waals surface area contributed by atoms with Gasteiger partial charge < -0.3 is 25.0 Å². The molecule has 0 spiro atoms. The molecule has 33 heavy (non-hydrogen) atoms. The van der Waals surface area contributed by atoms with E-state index in [4.69, 9.17) is 38.3 Å². The summed E-state index contributed by atoms with van der Waals surface area (Å²) in [4.78, 5) is 19.9. The van der Waals surface area contributed by atoms with Crippen LogP contribution in [0.1, 0.15) is 5.56 Å². The molecule has 0 aromatic heterocycles. The Hall–Kier alpha value is -3.36. The maximum Gasteiger partial charge on any atom is 0.268 e. The summed E-state index contributed by atoms with van der Waals surface area (Å²) in [5.74, 6) is 0.944. The molecule has 1 aliphatic carbocycles. The van der Waals surface area contributed by atoms with E-state index in [1.54, 1.807) is 24.1 Å². The molecule has 2 aliphatic heterocycles. The minimum atomic E-state index is -0.898. The molecule has 2 aromatic carbocycles. The van der Waals surface area contributed by atoms with E-state index in [2.05, 4.69) is 10.6 Å². The van der Waals surface area contributed by atoms with Crippen LogP contribution in [0.3, 0.4) is 0 Å². The maximum absolute atomic E-state index is 13.3. The van der Waals surface area contributed by atoms with Crippen LogP contribution in [0.5, 0.6) is 11.5 Å². The van der Waals surface area contributed by atoms with E-state index in [1.807, 2.05) is 54.6 Å². The standard InChI is InChI=1S/C24H21ClN4O3S/c1-29-18-9-7-15(25)11-17(18)21(14-5-3-2-4-6-14)27-22(23(29)30)28-24(33)26-16-8-10-19-20(12-16)32-13-31-19/h2-12,17-18,22H,13H2,1H3,(H2,26,28,33). The van der Waals surface area contributed by atoms with E-state index >= 15 is 0 Å². The SMILES string of the molecule is CN1C(=O)C(NC(=S)Nc2ccc3c(c2)OCO3)N=C(c2ccccc2)C2C=C(Cl)C=CC21. The second kappa shape index (κ2) is 8.88. The number of carbonyl (C=O) groups excluding carboxylic acids is 1. The third-order valence-corrected chi connectivity index (χ3v) is 6.21. The van der Waals surface area contributed by atoms with Crippen LogP contribution in [-0.2, 0) is 4.79 Å². The summed E-state index contributed by atoms with van der Waals surface area (Å²) in [5, 5.41) is 7.05. The molecule has 168 valence electrons. The molecule has 2 aromatic rings. The number of amides is 1. The van der Waals surface area contributed by atoms with E-state index in [0.717, 1.165) is 11.3 Å². The summed E-state index contributed by atoms with van der Waals surface area (Å²) in [7, 11) is 1.77. The van der Waals surface area contributed by atoms with E-state index in [9.17, 15) is 4.79 Å². The number of carbonyl (C=O) groups is 1. The molecule has 5 rings (SSSR count). The normalized spacial score (nSPS) is 23.3. The number of halogens is 1. The monoisotopic (exact) mass is 480 g/mol. The Morgan fingerprint density at radius 1 is 1.18 bits per heavy atom. The number of likely N-dealkylation sites (N-methyl/N-ethyl adjacent to an activating group) is 1. The van der Waals surface area contributed by atoms with E-state index in [0.29, 0.717) is 22.2 Å². The van der Waals surface area contributed by atoms with Crippen LogP contribution in [0.2, 0.25) is 0 Å². The van der Waals surface area contributed by atoms with Crippen LogP contribution in [0.25, 0.3) is 0 Å². The van der Waals surface area contributed by atoms with Crippen LogP contribution >= 0.6 is 23.8 Å². The fourth-order valence-electron chi connectivity index (χ4n) is 4.10. The fourth-order valence-corrected chi connectivity index (χ4v) is 4.54. The first-order valence-electron chi connectivity index (χ1n) is 10.4. The van der Waals surface area contributed by atoms with Gasteiger partial charge in [0.2, 0.25) is 13.0 Å². The summed E-state index contributed by atoms with van der Waals surface area (Å²) in [6, 6.07) is 15.0. The summed E-state index contributed by atoms with van der Waals surface area (Å²) < 4.78 is 10.8. The van der Waals surface area contributed by atoms with Gasteiger partial charge in [0, 0.05) is 29.8 Å². The molecule has 0 saturated heterocycles. The van der Waals surface area contributed by atoms with Crippen molar-refractivity contribution in [1.82, 2.24) is 10.2 Å². The first-order valence-corrected chi connectivity index (χ1v) is 11.2. The second-order valence-corrected chi connectivity index (χ2v) is 8.67. The van der Waals surface area contributed by atoms with Crippen molar-refractivity contribution in [1.29, 1.82) is 0 Å². The van der Waals surface area contributed by atoms with Gasteiger partial charge >= 0.3 is 0 Å². The number of aliphatic imine (C=N–C) groups is 1. The number of nitrogens with one attached hydrogen (secondary N) is 2. The van der Waals surface area contributed by atoms with Crippen molar-refractivity contribution >= 4 is 46.2 Å². The number of ether oxygens (including phenoxy) is 2. The Kier molecular flexibility index (Phi) is 5.78. The highest BCUT2D eigenvalue weighted by atomic mass is 35.5. The minimum absolute atomic E-state index is 0.180. The first kappa shape index (κ1) is 21.5. The van der Waals surface area contributed by atoms with E-state index in [-0.39, 0.29) is 29.8 Å². The first-order chi connectivity index (χ1) is 16.0. The number of rotatable bonds is 3. The van der Waals surface area contributed by atoms with Crippen molar-refractivity contribution in [2.45, 2.75) is 12.2 Å². The lowest BCUT2D eigenvalue weighted by Gasteiger charge is -2.31. The number of nitrogens with zero attached hydrogens (tertiary/aromatic N) is 2. The molecule has 3 atom stereocenters. The number of fused-ring (bicyclic) bond motifs is 2. The molecule has 3 unspecified atom stereocenters. The summed E-state index contributed by atoms with van der Waals surface area (Å²) in [6.45, 7) is 0.191. The number of benzene rings is 2. The molecule has 0 fully saturated rings. The molecular weight excluding hydrogens is 460 g/mol. The molecule has 0 bridgehead atoms. The Morgan fingerprint density at radius 2 is 1.97 bits per heavy atom. The lowest BCUT2D eigenvalue weighted by Crippen LogP contribution is -2.49. The van der Waals surface area contributed by atoms with Crippen LogP contribution in [0, 0.1) is 5.92 Å². The van der Waals surface area contributed by atoms with Crippen molar-refractivity contribution in [2.24, 2.45) is 10.9 Å². The van der Waals surface area contributed by atoms with Gasteiger partial charge in [-0.05, 0) is 36.0 Å². The van der Waals surface area contributed by atoms with Crippen LogP contribution in [0.4, 0.5) is 5.69 Å². The minimum Gasteiger partial charge on any atom is -0.454 e. The molecule has 2 heterocycles. The zero-order valence-corrected chi connectivity index (χ0v) is 19.3. The Balaban J connectivity index is 1.44. The van der Waals surface area contributed by atoms with E-state index in [1.165, 1.54) is 0 Å². The quantitative estimate of drug-likeness (QED) is 0.653. The van der Waals surface area contributed by atoms with Gasteiger partial charge in [0.15, 0.2) is 16.6 Å². The maximum atomic E-state index is 13.3. The van der Waals surface area contributed by atoms with Gasteiger partial charge in [0.05, 0.1) is 11.8 Å². The average molecular weight is 481 g/mol. The lowest BCUT2D eigenvalue weighted by molar-refractivity contribution is -0.132. The highest BCUT2D eigenvalue weighted by molar-refractivity contribution is 7.80. The zero-order valence-electron chi connectivity index (χ0n) is 17.7. The third-order valence-electron chi connectivity index (χ3n) is 5.74. The van der Waals surface area contributed by atoms with Gasteiger partial charge in [0.1, 0.15) is 0 Å². The fraction of sp³-hybridized carbons (Fsp3) is 0.208. The van der Waals surface area contributed by atoms with Crippen molar-refractivity contribution in [3.63, 3.8) is 0 Å². The van der Waals surface area contributed by atoms with Crippen LogP contribution < -0.4 is 20.1 Å². The lowest BCUT2D eigenvalue weighted by atomic mass is 9.86. The van der Waals surface area contributed by atoms with Crippen LogP contribution in [0.15, 0.2) is 76.8 Å². The number of allylic oxidation sites excluding steroid dienone is 2. The van der Waals surface area contributed by atoms with Gasteiger partial charge in [-0.15, -0.1) is 0 Å². The zero-order chi connectivity index (χ0) is 22.9. The number of anilines is 1. The molecule has 2 N–H and O–H groups in total. The number of hydrogen-bond donors (Lipinski definition) is 2. The third kappa shape index (κ3) is 4.31.